The second-order valence-electron chi connectivity index (χ2n) is 0.854. The van der Waals surface area contributed by atoms with Crippen molar-refractivity contribution in [3.63, 3.8) is 0 Å². The molecule has 0 heterocycles. The molecule has 0 spiro atoms. The molecule has 0 aromatic carbocycles. The Bertz CT molecular complexity index is 5.61. The van der Waals surface area contributed by atoms with Gasteiger partial charge in [0.25, 0.3) is 0 Å². The zero-order chi connectivity index (χ0) is 3.41. The number of hydrogen-bond acceptors (Lipinski definition) is 0. The van der Waals surface area contributed by atoms with Crippen LogP contribution in [0.25, 0.3) is 0 Å². The van der Waals surface area contributed by atoms with E-state index < -0.39 is 0 Å². The summed E-state index contributed by atoms with van der Waals surface area (Å²) in [6.45, 7) is 5.72. The molecule has 0 saturated carbocycles. The molecule has 0 atom stereocenters. The summed E-state index contributed by atoms with van der Waals surface area (Å²) in [6.07, 6.45) is 2.28. The minimum Gasteiger partial charge on any atom is -0.343 e. The van der Waals surface area contributed by atoms with Crippen LogP contribution in [0.15, 0.2) is 0 Å². The zero-order valence-corrected chi connectivity index (χ0v) is 7.21. The Morgan fingerprint density at radius 3 is 1.80 bits per heavy atom. The van der Waals surface area contributed by atoms with E-state index >= 15 is 0 Å². The Labute approximate surface area is 52.7 Å². The Balaban J connectivity index is 0. The van der Waals surface area contributed by atoms with Gasteiger partial charge in [-0.3, -0.25) is 0 Å². The van der Waals surface area contributed by atoms with Gasteiger partial charge in [-0.05, 0) is 0 Å². The first-order valence-electron chi connectivity index (χ1n) is 1.71. The maximum atomic E-state index is 3.60. The quantitative estimate of drug-likeness (QED) is 0.479. The molecule has 0 bridgehead atoms. The minimum absolute atomic E-state index is 0. The van der Waals surface area contributed by atoms with E-state index in [2.05, 4.69) is 13.8 Å². The molecule has 0 aliphatic carbocycles. The van der Waals surface area contributed by atoms with Gasteiger partial charge in [-0.15, -0.1) is 0 Å². The third-order valence-corrected chi connectivity index (χ3v) is 0.354. The van der Waals surface area contributed by atoms with Gasteiger partial charge in [-0.2, -0.15) is 6.42 Å². The van der Waals surface area contributed by atoms with E-state index in [4.69, 9.17) is 0 Å². The molecule has 0 aromatic heterocycles. The van der Waals surface area contributed by atoms with Crippen molar-refractivity contribution in [1.82, 2.24) is 0 Å². The van der Waals surface area contributed by atoms with Crippen LogP contribution in [0.1, 0.15) is 19.8 Å². The van der Waals surface area contributed by atoms with Gasteiger partial charge in [-0.25, -0.2) is 0 Å². The molecule has 0 amide bonds. The van der Waals surface area contributed by atoms with E-state index in [0.717, 1.165) is 6.42 Å². The first-order valence-corrected chi connectivity index (χ1v) is 1.71. The van der Waals surface area contributed by atoms with Gasteiger partial charge in [0.15, 0.2) is 0 Å². The fourth-order valence-electron chi connectivity index (χ4n) is 0. The third-order valence-electron chi connectivity index (χ3n) is 0.354. The summed E-state index contributed by atoms with van der Waals surface area (Å²) >= 11 is 0. The van der Waals surface area contributed by atoms with Crippen molar-refractivity contribution < 1.29 is 25.8 Å². The largest absolute Gasteiger partial charge is 4.00 e. The van der Waals surface area contributed by atoms with E-state index in [1.54, 1.807) is 0 Å². The van der Waals surface area contributed by atoms with Gasteiger partial charge in [0.05, 0.1) is 0 Å². The molecule has 0 unspecified atom stereocenters. The molecule has 0 radical (unpaired) electrons. The average Bonchev–Trinajstić information content (AvgIpc) is 1.37. The normalized spacial score (nSPS) is 6.00. The van der Waals surface area contributed by atoms with Gasteiger partial charge < -0.3 is 6.92 Å². The molecule has 26 valence electrons. The van der Waals surface area contributed by atoms with E-state index in [0.29, 0.717) is 0 Å². The molecule has 5 heavy (non-hydrogen) atoms. The fourth-order valence-corrected chi connectivity index (χ4v) is 0. The van der Waals surface area contributed by atoms with E-state index in [1.165, 1.54) is 6.42 Å². The SMILES string of the molecule is [CH2-]CCC.[Hf+4]. The van der Waals surface area contributed by atoms with Crippen molar-refractivity contribution >= 4 is 0 Å². The summed E-state index contributed by atoms with van der Waals surface area (Å²) in [5.41, 5.74) is 0. The van der Waals surface area contributed by atoms with Gasteiger partial charge in [0.1, 0.15) is 0 Å². The van der Waals surface area contributed by atoms with Crippen molar-refractivity contribution in [2.45, 2.75) is 19.8 Å². The van der Waals surface area contributed by atoms with E-state index in [1.807, 2.05) is 0 Å². The van der Waals surface area contributed by atoms with Crippen LogP contribution in [0.5, 0.6) is 0 Å². The minimum atomic E-state index is 0. The third kappa shape index (κ3) is 11.5. The number of rotatable bonds is 1. The molecular weight excluding hydrogens is 227 g/mol. The van der Waals surface area contributed by atoms with Crippen LogP contribution in [0, 0.1) is 6.92 Å². The summed E-state index contributed by atoms with van der Waals surface area (Å²) in [5, 5.41) is 0. The van der Waals surface area contributed by atoms with Crippen molar-refractivity contribution in [3.05, 3.63) is 6.92 Å². The first kappa shape index (κ1) is 9.30. The average molecular weight is 236 g/mol. The van der Waals surface area contributed by atoms with Gasteiger partial charge in [-0.1, -0.05) is 13.3 Å². The second kappa shape index (κ2) is 8.85. The molecular formula is C4H9Hf+3. The standard InChI is InChI=1S/C4H9.Hf/c1-3-4-2;/h1,3-4H2,2H3;/q-1;+4. The molecule has 1 heteroatoms. The van der Waals surface area contributed by atoms with Crippen LogP contribution in [-0.2, 0) is 25.8 Å². The Morgan fingerprint density at radius 1 is 1.60 bits per heavy atom. The molecule has 0 N–H and O–H groups in total. The van der Waals surface area contributed by atoms with Crippen molar-refractivity contribution in [3.8, 4) is 0 Å². The topological polar surface area (TPSA) is 0 Å². The van der Waals surface area contributed by atoms with Gasteiger partial charge >= 0.3 is 25.8 Å². The van der Waals surface area contributed by atoms with E-state index in [9.17, 15) is 0 Å². The van der Waals surface area contributed by atoms with Crippen molar-refractivity contribution in [2.24, 2.45) is 0 Å². The molecule has 0 aliphatic heterocycles. The Kier molecular flexibility index (Phi) is 16.5. The van der Waals surface area contributed by atoms with Crippen LogP contribution >= 0.6 is 0 Å². The summed E-state index contributed by atoms with van der Waals surface area (Å²) in [7, 11) is 0. The van der Waals surface area contributed by atoms with Crippen molar-refractivity contribution in [1.29, 1.82) is 0 Å². The molecule has 0 aromatic rings. The Morgan fingerprint density at radius 2 is 1.80 bits per heavy atom. The van der Waals surface area contributed by atoms with E-state index in [-0.39, 0.29) is 25.8 Å². The smallest absolute Gasteiger partial charge is 0.343 e. The van der Waals surface area contributed by atoms with Crippen LogP contribution in [0.4, 0.5) is 0 Å². The van der Waals surface area contributed by atoms with Crippen LogP contribution < -0.4 is 0 Å². The monoisotopic (exact) mass is 237 g/mol. The predicted octanol–water partition coefficient (Wildman–Crippen LogP) is 1.62. The molecule has 0 saturated heterocycles. The number of unbranched alkanes of at least 4 members (excludes halogenated alkanes) is 1. The van der Waals surface area contributed by atoms with Crippen LogP contribution in [0.3, 0.4) is 0 Å². The maximum Gasteiger partial charge on any atom is 4.00 e. The Hall–Kier alpha value is 0.870. The number of hydrogen-bond donors (Lipinski definition) is 0. The molecule has 0 rings (SSSR count). The first-order chi connectivity index (χ1) is 1.91. The maximum absolute atomic E-state index is 3.60. The summed E-state index contributed by atoms with van der Waals surface area (Å²) in [4.78, 5) is 0. The van der Waals surface area contributed by atoms with Crippen molar-refractivity contribution in [2.75, 3.05) is 0 Å². The summed E-state index contributed by atoms with van der Waals surface area (Å²) in [5.74, 6) is 0. The second-order valence-corrected chi connectivity index (χ2v) is 0.854. The summed E-state index contributed by atoms with van der Waals surface area (Å²) in [6, 6.07) is 0. The van der Waals surface area contributed by atoms with Gasteiger partial charge in [0.2, 0.25) is 0 Å². The molecule has 0 fully saturated rings. The molecule has 0 aliphatic rings. The van der Waals surface area contributed by atoms with Crippen LogP contribution in [0.2, 0.25) is 0 Å². The predicted molar refractivity (Wildman–Crippen MR) is 20.3 cm³/mol. The zero-order valence-electron chi connectivity index (χ0n) is 3.62. The molecule has 0 nitrogen and oxygen atoms in total. The fraction of sp³-hybridized carbons (Fsp3) is 0.750. The van der Waals surface area contributed by atoms with Crippen LogP contribution in [-0.4, -0.2) is 0 Å². The van der Waals surface area contributed by atoms with Gasteiger partial charge in [0, 0.05) is 0 Å². The summed E-state index contributed by atoms with van der Waals surface area (Å²) < 4.78 is 0.